The van der Waals surface area contributed by atoms with Gasteiger partial charge in [-0.3, -0.25) is 0 Å². The highest BCUT2D eigenvalue weighted by atomic mass is 19.4. The minimum absolute atomic E-state index is 0.0409. The van der Waals surface area contributed by atoms with Crippen molar-refractivity contribution in [3.05, 3.63) is 11.9 Å². The van der Waals surface area contributed by atoms with Crippen molar-refractivity contribution in [3.63, 3.8) is 0 Å². The van der Waals surface area contributed by atoms with Gasteiger partial charge in [-0.2, -0.15) is 13.2 Å². The quantitative estimate of drug-likeness (QED) is 0.743. The molecular weight excluding hydrogens is 261 g/mol. The third-order valence-corrected chi connectivity index (χ3v) is 2.40. The minimum atomic E-state index is -4.61. The van der Waals surface area contributed by atoms with E-state index in [-0.39, 0.29) is 24.3 Å². The summed E-state index contributed by atoms with van der Waals surface area (Å²) < 4.78 is 38.0. The van der Waals surface area contributed by atoms with Gasteiger partial charge < -0.3 is 15.7 Å². The predicted octanol–water partition coefficient (Wildman–Crippen LogP) is 2.11. The molecule has 5 nitrogen and oxygen atoms in total. The number of aromatic nitrogens is 2. The van der Waals surface area contributed by atoms with E-state index < -0.39 is 12.0 Å². The van der Waals surface area contributed by atoms with Crippen LogP contribution in [-0.4, -0.2) is 34.3 Å². The first-order chi connectivity index (χ1) is 8.90. The molecule has 1 heterocycles. The Morgan fingerprint density at radius 2 is 1.89 bits per heavy atom. The van der Waals surface area contributed by atoms with Crippen LogP contribution in [0.2, 0.25) is 0 Å². The van der Waals surface area contributed by atoms with Crippen LogP contribution in [0.4, 0.5) is 24.8 Å². The molecule has 0 aliphatic rings. The molecule has 8 heteroatoms. The second kappa shape index (κ2) is 6.55. The molecule has 1 aromatic rings. The summed E-state index contributed by atoms with van der Waals surface area (Å²) in [5, 5.41) is 14.5. The van der Waals surface area contributed by atoms with E-state index in [0.29, 0.717) is 13.0 Å². The van der Waals surface area contributed by atoms with E-state index in [0.717, 1.165) is 0 Å². The van der Waals surface area contributed by atoms with Gasteiger partial charge in [0.1, 0.15) is 11.6 Å². The first-order valence-corrected chi connectivity index (χ1v) is 5.98. The van der Waals surface area contributed by atoms with Crippen LogP contribution in [-0.2, 0) is 6.18 Å². The van der Waals surface area contributed by atoms with Crippen molar-refractivity contribution in [2.45, 2.75) is 32.5 Å². The van der Waals surface area contributed by atoms with Crippen LogP contribution in [0.1, 0.15) is 26.1 Å². The van der Waals surface area contributed by atoms with E-state index in [1.807, 2.05) is 6.92 Å². The summed E-state index contributed by atoms with van der Waals surface area (Å²) in [5.74, 6) is -1.07. The van der Waals surface area contributed by atoms with Gasteiger partial charge >= 0.3 is 6.18 Å². The number of aliphatic hydroxyl groups excluding tert-OH is 1. The molecular formula is C11H17F3N4O. The van der Waals surface area contributed by atoms with E-state index in [1.54, 1.807) is 6.92 Å². The summed E-state index contributed by atoms with van der Waals surface area (Å²) in [5.41, 5.74) is 0. The maximum atomic E-state index is 12.7. The lowest BCUT2D eigenvalue weighted by atomic mass is 10.2. The van der Waals surface area contributed by atoms with Crippen LogP contribution in [0, 0.1) is 0 Å². The van der Waals surface area contributed by atoms with Crippen LogP contribution in [0.3, 0.4) is 0 Å². The summed E-state index contributed by atoms with van der Waals surface area (Å²) in [6, 6.07) is 1.04. The Bertz CT molecular complexity index is 407. The van der Waals surface area contributed by atoms with E-state index in [4.69, 9.17) is 5.11 Å². The Morgan fingerprint density at radius 1 is 1.26 bits per heavy atom. The zero-order chi connectivity index (χ0) is 14.5. The Kier molecular flexibility index (Phi) is 5.34. The Labute approximate surface area is 109 Å². The Hall–Kier alpha value is -1.57. The second-order valence-corrected chi connectivity index (χ2v) is 3.92. The van der Waals surface area contributed by atoms with Gasteiger partial charge in [-0.1, -0.05) is 6.92 Å². The fourth-order valence-corrected chi connectivity index (χ4v) is 1.41. The van der Waals surface area contributed by atoms with Gasteiger partial charge in [0, 0.05) is 12.6 Å². The van der Waals surface area contributed by atoms with Crippen molar-refractivity contribution in [2.24, 2.45) is 0 Å². The molecule has 19 heavy (non-hydrogen) atoms. The largest absolute Gasteiger partial charge is 0.451 e. The standard InChI is InChI=1S/C11H17F3N4O/c1-3-7(6-19)16-9-5-8(15-4-2)17-10(18-9)11(12,13)14/h5,7,19H,3-4,6H2,1-2H3,(H2,15,16,17,18). The van der Waals surface area contributed by atoms with Crippen molar-refractivity contribution in [1.29, 1.82) is 0 Å². The number of nitrogens with one attached hydrogen (secondary N) is 2. The van der Waals surface area contributed by atoms with Gasteiger partial charge in [-0.05, 0) is 13.3 Å². The molecule has 0 bridgehead atoms. The van der Waals surface area contributed by atoms with Gasteiger partial charge in [-0.15, -0.1) is 0 Å². The minimum Gasteiger partial charge on any atom is -0.394 e. The molecule has 0 amide bonds. The highest BCUT2D eigenvalue weighted by molar-refractivity contribution is 5.48. The molecule has 0 spiro atoms. The molecule has 0 aliphatic heterocycles. The van der Waals surface area contributed by atoms with Gasteiger partial charge in [0.2, 0.25) is 5.82 Å². The fraction of sp³-hybridized carbons (Fsp3) is 0.636. The number of rotatable bonds is 6. The molecule has 108 valence electrons. The fourth-order valence-electron chi connectivity index (χ4n) is 1.41. The van der Waals surface area contributed by atoms with Crippen molar-refractivity contribution >= 4 is 11.6 Å². The maximum absolute atomic E-state index is 12.7. The van der Waals surface area contributed by atoms with Crippen LogP contribution in [0.5, 0.6) is 0 Å². The molecule has 1 atom stereocenters. The molecule has 0 radical (unpaired) electrons. The number of anilines is 2. The first kappa shape index (κ1) is 15.5. The summed E-state index contributed by atoms with van der Waals surface area (Å²) in [6.45, 7) is 3.83. The third kappa shape index (κ3) is 4.55. The lowest BCUT2D eigenvalue weighted by Gasteiger charge is -2.17. The van der Waals surface area contributed by atoms with Crippen molar-refractivity contribution in [1.82, 2.24) is 9.97 Å². The highest BCUT2D eigenvalue weighted by Crippen LogP contribution is 2.28. The summed E-state index contributed by atoms with van der Waals surface area (Å²) in [6.07, 6.45) is -4.04. The molecule has 0 aromatic carbocycles. The lowest BCUT2D eigenvalue weighted by Crippen LogP contribution is -2.24. The van der Waals surface area contributed by atoms with Crippen molar-refractivity contribution in [3.8, 4) is 0 Å². The number of hydrogen-bond donors (Lipinski definition) is 3. The maximum Gasteiger partial charge on any atom is 0.451 e. The number of aliphatic hydroxyl groups is 1. The summed E-state index contributed by atoms with van der Waals surface area (Å²) in [4.78, 5) is 6.83. The number of nitrogens with zero attached hydrogens (tertiary/aromatic N) is 2. The van der Waals surface area contributed by atoms with Crippen molar-refractivity contribution < 1.29 is 18.3 Å². The molecule has 0 fully saturated rings. The smallest absolute Gasteiger partial charge is 0.394 e. The molecule has 0 saturated heterocycles. The molecule has 1 rings (SSSR count). The molecule has 1 unspecified atom stereocenters. The first-order valence-electron chi connectivity index (χ1n) is 5.98. The van der Waals surface area contributed by atoms with Crippen molar-refractivity contribution in [2.75, 3.05) is 23.8 Å². The topological polar surface area (TPSA) is 70.1 Å². The average molecular weight is 278 g/mol. The van der Waals surface area contributed by atoms with Crippen LogP contribution in [0.25, 0.3) is 0 Å². The highest BCUT2D eigenvalue weighted by Gasteiger charge is 2.35. The lowest BCUT2D eigenvalue weighted by molar-refractivity contribution is -0.144. The number of halogens is 3. The SMILES string of the molecule is CCNc1cc(NC(CC)CO)nc(C(F)(F)F)n1. The monoisotopic (exact) mass is 278 g/mol. The van der Waals surface area contributed by atoms with Crippen LogP contribution < -0.4 is 10.6 Å². The van der Waals surface area contributed by atoms with E-state index in [1.165, 1.54) is 6.07 Å². The van der Waals surface area contributed by atoms with Gasteiger partial charge in [0.05, 0.1) is 12.6 Å². The Balaban J connectivity index is 3.05. The molecule has 1 aromatic heterocycles. The Morgan fingerprint density at radius 3 is 2.37 bits per heavy atom. The van der Waals surface area contributed by atoms with E-state index >= 15 is 0 Å². The average Bonchev–Trinajstić information content (AvgIpc) is 2.35. The van der Waals surface area contributed by atoms with E-state index in [9.17, 15) is 13.2 Å². The zero-order valence-corrected chi connectivity index (χ0v) is 10.8. The van der Waals surface area contributed by atoms with Crippen LogP contribution >= 0.6 is 0 Å². The molecule has 0 saturated carbocycles. The van der Waals surface area contributed by atoms with Gasteiger partial charge in [-0.25, -0.2) is 9.97 Å². The molecule has 3 N–H and O–H groups in total. The summed E-state index contributed by atoms with van der Waals surface area (Å²) >= 11 is 0. The normalized spacial score (nSPS) is 13.2. The third-order valence-electron chi connectivity index (χ3n) is 2.40. The predicted molar refractivity (Wildman–Crippen MR) is 66.0 cm³/mol. The second-order valence-electron chi connectivity index (χ2n) is 3.92. The molecule has 0 aliphatic carbocycles. The number of alkyl halides is 3. The van der Waals surface area contributed by atoms with Crippen LogP contribution in [0.15, 0.2) is 6.07 Å². The van der Waals surface area contributed by atoms with E-state index in [2.05, 4.69) is 20.6 Å². The zero-order valence-electron chi connectivity index (χ0n) is 10.8. The number of hydrogen-bond acceptors (Lipinski definition) is 5. The van der Waals surface area contributed by atoms with Gasteiger partial charge in [0.25, 0.3) is 0 Å². The van der Waals surface area contributed by atoms with Gasteiger partial charge in [0.15, 0.2) is 0 Å². The summed E-state index contributed by atoms with van der Waals surface area (Å²) in [7, 11) is 0.